The normalized spacial score (nSPS) is 45.0. The molecule has 26 heavy (non-hydrogen) atoms. The summed E-state index contributed by atoms with van der Waals surface area (Å²) in [4.78, 5) is 16.4. The Hall–Kier alpha value is -1.58. The third kappa shape index (κ3) is 2.20. The SMILES string of the molecule is CC12CCC3C(CCC4CC(=O)NCCC43C)C1CC=C2n1ccnc1. The molecule has 140 valence electrons. The first-order valence-corrected chi connectivity index (χ1v) is 10.5. The highest BCUT2D eigenvalue weighted by Crippen LogP contribution is 2.65. The van der Waals surface area contributed by atoms with E-state index in [1.54, 1.807) is 0 Å². The van der Waals surface area contributed by atoms with Crippen molar-refractivity contribution in [3.8, 4) is 0 Å². The molecule has 0 spiro atoms. The van der Waals surface area contributed by atoms with E-state index in [0.29, 0.717) is 11.3 Å². The Morgan fingerprint density at radius 1 is 1.19 bits per heavy atom. The Labute approximate surface area is 156 Å². The fourth-order valence-electron chi connectivity index (χ4n) is 7.37. The second-order valence-corrected chi connectivity index (χ2v) is 9.71. The van der Waals surface area contributed by atoms with E-state index in [2.05, 4.69) is 41.0 Å². The van der Waals surface area contributed by atoms with E-state index in [4.69, 9.17) is 0 Å². The second kappa shape index (κ2) is 5.71. The van der Waals surface area contributed by atoms with Gasteiger partial charge in [0, 0.05) is 36.5 Å². The monoisotopic (exact) mass is 353 g/mol. The molecule has 5 rings (SSSR count). The molecule has 4 nitrogen and oxygen atoms in total. The Balaban J connectivity index is 1.45. The van der Waals surface area contributed by atoms with Crippen LogP contribution in [0.4, 0.5) is 0 Å². The molecule has 4 heteroatoms. The van der Waals surface area contributed by atoms with Gasteiger partial charge >= 0.3 is 0 Å². The van der Waals surface area contributed by atoms with E-state index in [9.17, 15) is 4.79 Å². The van der Waals surface area contributed by atoms with Gasteiger partial charge in [-0.3, -0.25) is 4.79 Å². The fourth-order valence-corrected chi connectivity index (χ4v) is 7.37. The van der Waals surface area contributed by atoms with Crippen molar-refractivity contribution in [1.82, 2.24) is 14.9 Å². The number of carbonyl (C=O) groups is 1. The molecule has 4 aliphatic rings. The molecular formula is C22H31N3O. The van der Waals surface area contributed by atoms with Crippen LogP contribution in [0.15, 0.2) is 24.8 Å². The van der Waals surface area contributed by atoms with E-state index >= 15 is 0 Å². The van der Waals surface area contributed by atoms with Gasteiger partial charge in [0.2, 0.25) is 5.91 Å². The summed E-state index contributed by atoms with van der Waals surface area (Å²) in [6.45, 7) is 5.88. The van der Waals surface area contributed by atoms with E-state index in [1.165, 1.54) is 37.8 Å². The third-order valence-corrected chi connectivity index (χ3v) is 8.81. The average molecular weight is 354 g/mol. The van der Waals surface area contributed by atoms with Crippen molar-refractivity contribution in [2.24, 2.45) is 34.5 Å². The van der Waals surface area contributed by atoms with Crippen molar-refractivity contribution in [3.05, 3.63) is 24.8 Å². The maximum atomic E-state index is 12.1. The lowest BCUT2D eigenvalue weighted by Gasteiger charge is -2.58. The van der Waals surface area contributed by atoms with Crippen LogP contribution in [0.2, 0.25) is 0 Å². The number of hydrogen-bond donors (Lipinski definition) is 1. The minimum absolute atomic E-state index is 0.280. The zero-order valence-electron chi connectivity index (χ0n) is 16.1. The molecule has 0 bridgehead atoms. The zero-order valence-corrected chi connectivity index (χ0v) is 16.1. The number of amides is 1. The maximum Gasteiger partial charge on any atom is 0.220 e. The van der Waals surface area contributed by atoms with E-state index in [0.717, 1.165) is 37.1 Å². The first kappa shape index (κ1) is 16.6. The number of fused-ring (bicyclic) bond motifs is 5. The molecule has 2 saturated carbocycles. The van der Waals surface area contributed by atoms with Gasteiger partial charge in [-0.1, -0.05) is 19.9 Å². The van der Waals surface area contributed by atoms with Crippen LogP contribution in [0.25, 0.3) is 5.70 Å². The highest BCUT2D eigenvalue weighted by Gasteiger charge is 2.58. The molecule has 1 saturated heterocycles. The van der Waals surface area contributed by atoms with Crippen molar-refractivity contribution in [3.63, 3.8) is 0 Å². The van der Waals surface area contributed by atoms with Crippen LogP contribution < -0.4 is 5.32 Å². The number of nitrogens with one attached hydrogen (secondary N) is 1. The molecule has 1 amide bonds. The van der Waals surface area contributed by atoms with Crippen molar-refractivity contribution >= 4 is 11.6 Å². The predicted octanol–water partition coefficient (Wildman–Crippen LogP) is 4.10. The number of nitrogens with zero attached hydrogens (tertiary/aromatic N) is 2. The Kier molecular flexibility index (Phi) is 3.64. The van der Waals surface area contributed by atoms with Crippen LogP contribution in [0.3, 0.4) is 0 Å². The Bertz CT molecular complexity index is 739. The number of carbonyl (C=O) groups excluding carboxylic acids is 1. The van der Waals surface area contributed by atoms with Crippen molar-refractivity contribution in [2.45, 2.75) is 58.8 Å². The highest BCUT2D eigenvalue weighted by molar-refractivity contribution is 5.76. The second-order valence-electron chi connectivity index (χ2n) is 9.71. The molecule has 0 aromatic carbocycles. The maximum absolute atomic E-state index is 12.1. The van der Waals surface area contributed by atoms with Gasteiger partial charge in [0.25, 0.3) is 0 Å². The topological polar surface area (TPSA) is 46.9 Å². The first-order valence-electron chi connectivity index (χ1n) is 10.5. The first-order chi connectivity index (χ1) is 12.5. The standard InChI is InChI=1S/C22H31N3O/c1-21-9-10-24-20(26)13-15(21)3-4-16-17-5-6-19(25-12-11-23-14-25)22(17,2)8-7-18(16)21/h6,11-12,14-18H,3-5,7-10,13H2,1-2H3,(H,24,26). The largest absolute Gasteiger partial charge is 0.356 e. The quantitative estimate of drug-likeness (QED) is 0.826. The van der Waals surface area contributed by atoms with Crippen LogP contribution in [0.5, 0.6) is 0 Å². The summed E-state index contributed by atoms with van der Waals surface area (Å²) >= 11 is 0. The summed E-state index contributed by atoms with van der Waals surface area (Å²) in [7, 11) is 0. The van der Waals surface area contributed by atoms with Gasteiger partial charge in [-0.15, -0.1) is 0 Å². The fraction of sp³-hybridized carbons (Fsp3) is 0.727. The number of allylic oxidation sites excluding steroid dienone is 2. The molecular weight excluding hydrogens is 322 g/mol. The summed E-state index contributed by atoms with van der Waals surface area (Å²) in [5.41, 5.74) is 2.09. The van der Waals surface area contributed by atoms with Crippen LogP contribution in [-0.2, 0) is 4.79 Å². The number of aromatic nitrogens is 2. The predicted molar refractivity (Wildman–Crippen MR) is 102 cm³/mol. The lowest BCUT2D eigenvalue weighted by molar-refractivity contribution is -0.124. The van der Waals surface area contributed by atoms with Gasteiger partial charge in [-0.05, 0) is 67.6 Å². The number of rotatable bonds is 1. The third-order valence-electron chi connectivity index (χ3n) is 8.81. The smallest absolute Gasteiger partial charge is 0.220 e. The van der Waals surface area contributed by atoms with Crippen LogP contribution in [-0.4, -0.2) is 22.0 Å². The molecule has 1 aromatic rings. The molecule has 0 radical (unpaired) electrons. The van der Waals surface area contributed by atoms with Crippen molar-refractivity contribution in [1.29, 1.82) is 0 Å². The summed E-state index contributed by atoms with van der Waals surface area (Å²) in [5, 5.41) is 3.14. The molecule has 1 aliphatic heterocycles. The van der Waals surface area contributed by atoms with E-state index in [1.807, 2.05) is 12.5 Å². The Morgan fingerprint density at radius 3 is 2.88 bits per heavy atom. The summed E-state index contributed by atoms with van der Waals surface area (Å²) in [6.07, 6.45) is 16.7. The average Bonchev–Trinajstić information content (AvgIpc) is 3.20. The van der Waals surface area contributed by atoms with E-state index in [-0.39, 0.29) is 11.3 Å². The summed E-state index contributed by atoms with van der Waals surface area (Å²) in [6, 6.07) is 0. The van der Waals surface area contributed by atoms with Gasteiger partial charge in [0.15, 0.2) is 0 Å². The van der Waals surface area contributed by atoms with Crippen LogP contribution in [0, 0.1) is 34.5 Å². The highest BCUT2D eigenvalue weighted by atomic mass is 16.1. The molecule has 2 heterocycles. The van der Waals surface area contributed by atoms with Gasteiger partial charge in [-0.2, -0.15) is 0 Å². The molecule has 6 atom stereocenters. The van der Waals surface area contributed by atoms with E-state index < -0.39 is 0 Å². The summed E-state index contributed by atoms with van der Waals surface area (Å²) in [5.74, 6) is 3.20. The van der Waals surface area contributed by atoms with Gasteiger partial charge < -0.3 is 9.88 Å². The van der Waals surface area contributed by atoms with Crippen LogP contribution >= 0.6 is 0 Å². The number of imidazole rings is 1. The number of hydrogen-bond acceptors (Lipinski definition) is 2. The van der Waals surface area contributed by atoms with Crippen molar-refractivity contribution < 1.29 is 4.79 Å². The Morgan fingerprint density at radius 2 is 2.08 bits per heavy atom. The van der Waals surface area contributed by atoms with Crippen molar-refractivity contribution in [2.75, 3.05) is 6.54 Å². The lowest BCUT2D eigenvalue weighted by Crippen LogP contribution is -2.51. The minimum Gasteiger partial charge on any atom is -0.356 e. The van der Waals surface area contributed by atoms with Gasteiger partial charge in [0.1, 0.15) is 0 Å². The molecule has 6 unspecified atom stereocenters. The zero-order chi connectivity index (χ0) is 17.9. The molecule has 3 aliphatic carbocycles. The molecule has 3 fully saturated rings. The lowest BCUT2D eigenvalue weighted by atomic mass is 9.46. The molecule has 1 N–H and O–H groups in total. The molecule has 1 aromatic heterocycles. The minimum atomic E-state index is 0.280. The van der Waals surface area contributed by atoms with Gasteiger partial charge in [-0.25, -0.2) is 4.98 Å². The summed E-state index contributed by atoms with van der Waals surface area (Å²) < 4.78 is 2.25. The van der Waals surface area contributed by atoms with Crippen LogP contribution in [0.1, 0.15) is 58.8 Å². The van der Waals surface area contributed by atoms with Gasteiger partial charge in [0.05, 0.1) is 6.33 Å².